The molecule has 0 saturated carbocycles. The first-order valence-electron chi connectivity index (χ1n) is 6.56. The monoisotopic (exact) mass is 242 g/mol. The highest BCUT2D eigenvalue weighted by molar-refractivity contribution is 5.69. The van der Waals surface area contributed by atoms with Gasteiger partial charge in [0, 0.05) is 25.6 Å². The van der Waals surface area contributed by atoms with Crippen molar-refractivity contribution in [2.75, 3.05) is 32.7 Å². The van der Waals surface area contributed by atoms with Crippen LogP contribution in [0.25, 0.3) is 0 Å². The van der Waals surface area contributed by atoms with Crippen LogP contribution in [0.2, 0.25) is 0 Å². The summed E-state index contributed by atoms with van der Waals surface area (Å²) in [5.41, 5.74) is -0.388. The van der Waals surface area contributed by atoms with Crippen LogP contribution in [0, 0.1) is 5.92 Å². The van der Waals surface area contributed by atoms with Crippen molar-refractivity contribution in [1.82, 2.24) is 9.80 Å². The van der Waals surface area contributed by atoms with Crippen molar-refractivity contribution in [2.24, 2.45) is 5.92 Å². The summed E-state index contributed by atoms with van der Waals surface area (Å²) in [4.78, 5) is 15.9. The predicted octanol–water partition coefficient (Wildman–Crippen LogP) is 2.20. The first kappa shape index (κ1) is 14.3. The second-order valence-corrected chi connectivity index (χ2v) is 5.74. The number of hydrogen-bond acceptors (Lipinski definition) is 3. The van der Waals surface area contributed by atoms with E-state index >= 15 is 0 Å². The van der Waals surface area contributed by atoms with Gasteiger partial charge < -0.3 is 14.5 Å². The third-order valence-electron chi connectivity index (χ3n) is 3.02. The molecule has 1 aliphatic rings. The van der Waals surface area contributed by atoms with Gasteiger partial charge in [0.05, 0.1) is 0 Å². The Morgan fingerprint density at radius 3 is 2.24 bits per heavy atom. The van der Waals surface area contributed by atoms with E-state index in [0.29, 0.717) is 5.92 Å². The summed E-state index contributed by atoms with van der Waals surface area (Å²) >= 11 is 0. The lowest BCUT2D eigenvalue weighted by Crippen LogP contribution is -2.54. The van der Waals surface area contributed by atoms with Crippen LogP contribution in [-0.2, 0) is 4.74 Å². The molecule has 1 fully saturated rings. The Balaban J connectivity index is 2.25. The smallest absolute Gasteiger partial charge is 0.410 e. The average molecular weight is 242 g/mol. The zero-order valence-electron chi connectivity index (χ0n) is 11.8. The van der Waals surface area contributed by atoms with E-state index in [1.807, 2.05) is 20.8 Å². The van der Waals surface area contributed by atoms with E-state index < -0.39 is 0 Å². The summed E-state index contributed by atoms with van der Waals surface area (Å²) in [6, 6.07) is 0. The SMILES string of the molecule is CCN(CC)CC1CN(C(=O)OC(C)(C)C)C1. The molecular weight excluding hydrogens is 216 g/mol. The second-order valence-electron chi connectivity index (χ2n) is 5.74. The van der Waals surface area contributed by atoms with Crippen molar-refractivity contribution in [3.8, 4) is 0 Å². The summed E-state index contributed by atoms with van der Waals surface area (Å²) in [6.07, 6.45) is -0.173. The number of rotatable bonds is 4. The molecule has 0 aromatic rings. The fourth-order valence-corrected chi connectivity index (χ4v) is 2.01. The van der Waals surface area contributed by atoms with Gasteiger partial charge in [-0.15, -0.1) is 0 Å². The maximum Gasteiger partial charge on any atom is 0.410 e. The Morgan fingerprint density at radius 2 is 1.82 bits per heavy atom. The van der Waals surface area contributed by atoms with Gasteiger partial charge in [0.1, 0.15) is 5.60 Å². The number of hydrogen-bond donors (Lipinski definition) is 0. The highest BCUT2D eigenvalue weighted by Crippen LogP contribution is 2.20. The van der Waals surface area contributed by atoms with E-state index in [2.05, 4.69) is 18.7 Å². The van der Waals surface area contributed by atoms with Crippen LogP contribution >= 0.6 is 0 Å². The highest BCUT2D eigenvalue weighted by atomic mass is 16.6. The van der Waals surface area contributed by atoms with Crippen molar-refractivity contribution in [3.05, 3.63) is 0 Å². The standard InChI is InChI=1S/C13H26N2O2/c1-6-14(7-2)8-11-9-15(10-11)12(16)17-13(3,4)5/h11H,6-10H2,1-5H3. The fourth-order valence-electron chi connectivity index (χ4n) is 2.01. The summed E-state index contributed by atoms with van der Waals surface area (Å²) in [6.45, 7) is 15.0. The lowest BCUT2D eigenvalue weighted by Gasteiger charge is -2.41. The van der Waals surface area contributed by atoms with Crippen LogP contribution in [-0.4, -0.2) is 54.2 Å². The van der Waals surface area contributed by atoms with E-state index in [0.717, 1.165) is 32.7 Å². The first-order chi connectivity index (χ1) is 7.85. The lowest BCUT2D eigenvalue weighted by atomic mass is 10.0. The van der Waals surface area contributed by atoms with Crippen LogP contribution in [0.15, 0.2) is 0 Å². The quantitative estimate of drug-likeness (QED) is 0.757. The first-order valence-corrected chi connectivity index (χ1v) is 6.56. The second kappa shape index (κ2) is 5.71. The van der Waals surface area contributed by atoms with E-state index in [1.165, 1.54) is 0 Å². The van der Waals surface area contributed by atoms with Gasteiger partial charge in [0.25, 0.3) is 0 Å². The Hall–Kier alpha value is -0.770. The third-order valence-corrected chi connectivity index (χ3v) is 3.02. The van der Waals surface area contributed by atoms with Gasteiger partial charge in [0.2, 0.25) is 0 Å². The Bertz CT molecular complexity index is 251. The topological polar surface area (TPSA) is 32.8 Å². The molecule has 1 amide bonds. The van der Waals surface area contributed by atoms with Crippen LogP contribution in [0.4, 0.5) is 4.79 Å². The van der Waals surface area contributed by atoms with Crippen molar-refractivity contribution in [1.29, 1.82) is 0 Å². The van der Waals surface area contributed by atoms with E-state index in [-0.39, 0.29) is 11.7 Å². The van der Waals surface area contributed by atoms with Gasteiger partial charge in [-0.1, -0.05) is 13.8 Å². The minimum absolute atomic E-state index is 0.173. The zero-order valence-corrected chi connectivity index (χ0v) is 11.8. The molecule has 0 bridgehead atoms. The molecule has 1 aliphatic heterocycles. The van der Waals surface area contributed by atoms with Crippen molar-refractivity contribution in [3.63, 3.8) is 0 Å². The molecule has 1 saturated heterocycles. The summed E-state index contributed by atoms with van der Waals surface area (Å²) in [5.74, 6) is 0.613. The molecule has 100 valence electrons. The fraction of sp³-hybridized carbons (Fsp3) is 0.923. The van der Waals surface area contributed by atoms with Crippen molar-refractivity contribution >= 4 is 6.09 Å². The molecule has 0 aromatic carbocycles. The number of carbonyl (C=O) groups excluding carboxylic acids is 1. The van der Waals surface area contributed by atoms with Crippen molar-refractivity contribution < 1.29 is 9.53 Å². The van der Waals surface area contributed by atoms with Gasteiger partial charge in [0.15, 0.2) is 0 Å². The molecule has 0 radical (unpaired) electrons. The molecule has 0 aromatic heterocycles. The molecule has 0 aliphatic carbocycles. The Labute approximate surface area is 105 Å². The van der Waals surface area contributed by atoms with Gasteiger partial charge in [-0.05, 0) is 33.9 Å². The molecule has 4 heteroatoms. The minimum Gasteiger partial charge on any atom is -0.444 e. The largest absolute Gasteiger partial charge is 0.444 e. The van der Waals surface area contributed by atoms with E-state index in [9.17, 15) is 4.79 Å². The number of amides is 1. The molecule has 17 heavy (non-hydrogen) atoms. The van der Waals surface area contributed by atoms with E-state index in [4.69, 9.17) is 4.74 Å². The molecule has 1 rings (SSSR count). The van der Waals surface area contributed by atoms with Crippen LogP contribution in [0.1, 0.15) is 34.6 Å². The maximum atomic E-state index is 11.7. The predicted molar refractivity (Wildman–Crippen MR) is 69.1 cm³/mol. The molecule has 0 atom stereocenters. The molecule has 0 unspecified atom stereocenters. The van der Waals surface area contributed by atoms with Crippen molar-refractivity contribution in [2.45, 2.75) is 40.2 Å². The van der Waals surface area contributed by atoms with Gasteiger partial charge >= 0.3 is 6.09 Å². The normalized spacial score (nSPS) is 17.2. The summed E-state index contributed by atoms with van der Waals surface area (Å²) in [5, 5.41) is 0. The molecule has 0 spiro atoms. The number of carbonyl (C=O) groups is 1. The van der Waals surface area contributed by atoms with Crippen LogP contribution in [0.3, 0.4) is 0 Å². The van der Waals surface area contributed by atoms with E-state index in [1.54, 1.807) is 4.90 Å². The summed E-state index contributed by atoms with van der Waals surface area (Å²) in [7, 11) is 0. The molecule has 0 N–H and O–H groups in total. The molecular formula is C13H26N2O2. The maximum absolute atomic E-state index is 11.7. The average Bonchev–Trinajstić information content (AvgIpc) is 2.13. The number of ether oxygens (including phenoxy) is 1. The Kier molecular flexibility index (Phi) is 4.80. The van der Waals surface area contributed by atoms with Crippen LogP contribution < -0.4 is 0 Å². The molecule has 1 heterocycles. The molecule has 4 nitrogen and oxygen atoms in total. The highest BCUT2D eigenvalue weighted by Gasteiger charge is 2.34. The third kappa shape index (κ3) is 4.54. The zero-order chi connectivity index (χ0) is 13.1. The van der Waals surface area contributed by atoms with Gasteiger partial charge in [-0.25, -0.2) is 4.79 Å². The van der Waals surface area contributed by atoms with Gasteiger partial charge in [-0.3, -0.25) is 0 Å². The minimum atomic E-state index is -0.388. The summed E-state index contributed by atoms with van der Waals surface area (Å²) < 4.78 is 5.32. The lowest BCUT2D eigenvalue weighted by molar-refractivity contribution is -0.00584. The number of likely N-dealkylation sites (tertiary alicyclic amines) is 1. The van der Waals surface area contributed by atoms with Gasteiger partial charge in [-0.2, -0.15) is 0 Å². The van der Waals surface area contributed by atoms with Crippen LogP contribution in [0.5, 0.6) is 0 Å². The Morgan fingerprint density at radius 1 is 1.29 bits per heavy atom. The number of nitrogens with zero attached hydrogens (tertiary/aromatic N) is 2.